The van der Waals surface area contributed by atoms with E-state index < -0.39 is 0 Å². The summed E-state index contributed by atoms with van der Waals surface area (Å²) < 4.78 is 6.71. The molecule has 1 aromatic heterocycles. The molecule has 1 nitrogen and oxygen atoms in total. The second-order valence-corrected chi connectivity index (χ2v) is 13.2. The Bertz CT molecular complexity index is 2840. The van der Waals surface area contributed by atoms with Crippen molar-refractivity contribution >= 4 is 54.3 Å². The van der Waals surface area contributed by atoms with Crippen molar-refractivity contribution in [3.63, 3.8) is 0 Å². The molecule has 0 aliphatic heterocycles. The van der Waals surface area contributed by atoms with Gasteiger partial charge in [-0.15, -0.1) is 0 Å². The van der Waals surface area contributed by atoms with E-state index in [2.05, 4.69) is 182 Å². The minimum atomic E-state index is 0.821. The minimum Gasteiger partial charge on any atom is -0.455 e. The molecule has 9 aromatic carbocycles. The van der Waals surface area contributed by atoms with Gasteiger partial charge >= 0.3 is 0 Å². The van der Waals surface area contributed by atoms with Crippen LogP contribution >= 0.6 is 0 Å². The Kier molecular flexibility index (Phi) is 6.63. The third-order valence-corrected chi connectivity index (χ3v) is 10.4. The van der Waals surface area contributed by atoms with Gasteiger partial charge in [-0.05, 0) is 95.9 Å². The van der Waals surface area contributed by atoms with Gasteiger partial charge in [-0.1, -0.05) is 164 Å². The first kappa shape index (κ1) is 28.6. The third kappa shape index (κ3) is 4.55. The highest BCUT2D eigenvalue weighted by Gasteiger charge is 2.22. The minimum absolute atomic E-state index is 0.821. The molecule has 0 aliphatic rings. The molecule has 1 heteroatoms. The van der Waals surface area contributed by atoms with E-state index in [1.54, 1.807) is 0 Å². The number of benzene rings is 9. The maximum absolute atomic E-state index is 6.71. The first-order chi connectivity index (χ1) is 24.8. The van der Waals surface area contributed by atoms with Crippen LogP contribution in [0.2, 0.25) is 0 Å². The van der Waals surface area contributed by atoms with Crippen molar-refractivity contribution in [2.24, 2.45) is 0 Å². The van der Waals surface area contributed by atoms with Crippen LogP contribution in [0.1, 0.15) is 11.1 Å². The van der Waals surface area contributed by atoms with Gasteiger partial charge in [-0.3, -0.25) is 0 Å². The summed E-state index contributed by atoms with van der Waals surface area (Å²) in [4.78, 5) is 0. The molecular formula is C49H32O. The number of para-hydroxylation sites is 1. The van der Waals surface area contributed by atoms with Crippen LogP contribution in [0.3, 0.4) is 0 Å². The standard InChI is InChI=1S/C49H32O/c1-2-15-33(16-3-1)38-28-29-44(48-43-24-12-13-25-46(43)50-49(38)48)47-41-22-10-8-20-39(41)45(40-21-9-11-23-42(40)47)31-35-18-6-7-19-37(35)36-27-26-32-14-4-5-17-34(32)30-36/h1-30H,31H2. The van der Waals surface area contributed by atoms with E-state index in [0.717, 1.165) is 39.5 Å². The fraction of sp³-hybridized carbons (Fsp3) is 0.0204. The average Bonchev–Trinajstić information content (AvgIpc) is 3.58. The van der Waals surface area contributed by atoms with Gasteiger partial charge in [0.05, 0.1) is 0 Å². The summed E-state index contributed by atoms with van der Waals surface area (Å²) >= 11 is 0. The van der Waals surface area contributed by atoms with E-state index in [1.807, 2.05) is 0 Å². The lowest BCUT2D eigenvalue weighted by Gasteiger charge is -2.19. The first-order valence-corrected chi connectivity index (χ1v) is 17.3. The van der Waals surface area contributed by atoms with Gasteiger partial charge in [-0.25, -0.2) is 0 Å². The molecule has 0 bridgehead atoms. The van der Waals surface area contributed by atoms with Crippen molar-refractivity contribution in [3.8, 4) is 33.4 Å². The Balaban J connectivity index is 1.23. The van der Waals surface area contributed by atoms with E-state index in [-0.39, 0.29) is 0 Å². The fourth-order valence-electron chi connectivity index (χ4n) is 8.08. The lowest BCUT2D eigenvalue weighted by molar-refractivity contribution is 0.670. The number of rotatable bonds is 5. The van der Waals surface area contributed by atoms with Crippen LogP contribution in [0, 0.1) is 0 Å². The molecule has 1 heterocycles. The molecule has 0 saturated heterocycles. The monoisotopic (exact) mass is 636 g/mol. The van der Waals surface area contributed by atoms with E-state index >= 15 is 0 Å². The van der Waals surface area contributed by atoms with Crippen molar-refractivity contribution in [1.29, 1.82) is 0 Å². The molecule has 50 heavy (non-hydrogen) atoms. The highest BCUT2D eigenvalue weighted by atomic mass is 16.3. The van der Waals surface area contributed by atoms with Crippen LogP contribution in [0.5, 0.6) is 0 Å². The maximum atomic E-state index is 6.71. The van der Waals surface area contributed by atoms with Gasteiger partial charge < -0.3 is 4.42 Å². The van der Waals surface area contributed by atoms with Crippen LogP contribution in [0.15, 0.2) is 186 Å². The third-order valence-electron chi connectivity index (χ3n) is 10.4. The number of hydrogen-bond donors (Lipinski definition) is 0. The lowest BCUT2D eigenvalue weighted by Crippen LogP contribution is -1.97. The molecule has 0 atom stereocenters. The summed E-state index contributed by atoms with van der Waals surface area (Å²) in [6.07, 6.45) is 0.821. The fourth-order valence-corrected chi connectivity index (χ4v) is 8.08. The summed E-state index contributed by atoms with van der Waals surface area (Å²) in [7, 11) is 0. The molecule has 0 radical (unpaired) electrons. The molecule has 0 aliphatic carbocycles. The first-order valence-electron chi connectivity index (χ1n) is 17.3. The number of hydrogen-bond acceptors (Lipinski definition) is 1. The molecule has 10 aromatic rings. The van der Waals surface area contributed by atoms with Crippen molar-refractivity contribution < 1.29 is 4.42 Å². The SMILES string of the molecule is c1ccc(-c2ccc(-c3c4ccccc4c(Cc4ccccc4-c4ccc5ccccc5c4)c4ccccc34)c3c2oc2ccccc23)cc1. The normalized spacial score (nSPS) is 11.7. The van der Waals surface area contributed by atoms with Gasteiger partial charge in [0.15, 0.2) is 0 Å². The zero-order valence-electron chi connectivity index (χ0n) is 27.4. The Morgan fingerprint density at radius 3 is 1.76 bits per heavy atom. The largest absolute Gasteiger partial charge is 0.455 e. The van der Waals surface area contributed by atoms with Crippen molar-refractivity contribution in [3.05, 3.63) is 193 Å². The Morgan fingerprint density at radius 1 is 0.380 bits per heavy atom. The lowest BCUT2D eigenvalue weighted by atomic mass is 9.83. The van der Waals surface area contributed by atoms with Crippen molar-refractivity contribution in [1.82, 2.24) is 0 Å². The molecule has 234 valence electrons. The number of furan rings is 1. The number of fused-ring (bicyclic) bond motifs is 6. The van der Waals surface area contributed by atoms with Crippen LogP contribution in [0.25, 0.3) is 87.6 Å². The Morgan fingerprint density at radius 2 is 0.980 bits per heavy atom. The van der Waals surface area contributed by atoms with Crippen molar-refractivity contribution in [2.75, 3.05) is 0 Å². The van der Waals surface area contributed by atoms with E-state index in [0.29, 0.717) is 0 Å². The summed E-state index contributed by atoms with van der Waals surface area (Å²) in [6.45, 7) is 0. The molecule has 0 amide bonds. The van der Waals surface area contributed by atoms with Crippen LogP contribution in [-0.2, 0) is 6.42 Å². The Labute approximate surface area is 290 Å². The summed E-state index contributed by atoms with van der Waals surface area (Å²) in [5, 5.41) is 9.88. The van der Waals surface area contributed by atoms with Crippen LogP contribution in [0.4, 0.5) is 0 Å². The molecule has 0 fully saturated rings. The molecule has 10 rings (SSSR count). The molecule has 0 unspecified atom stereocenters. The molecule has 0 spiro atoms. The summed E-state index contributed by atoms with van der Waals surface area (Å²) in [5.74, 6) is 0. The van der Waals surface area contributed by atoms with Gasteiger partial charge in [-0.2, -0.15) is 0 Å². The Hall–Kier alpha value is -6.44. The molecular weight excluding hydrogens is 605 g/mol. The summed E-state index contributed by atoms with van der Waals surface area (Å²) in [5.41, 5.74) is 11.7. The average molecular weight is 637 g/mol. The predicted molar refractivity (Wildman–Crippen MR) is 212 cm³/mol. The quantitative estimate of drug-likeness (QED) is 0.171. The zero-order valence-corrected chi connectivity index (χ0v) is 27.4. The predicted octanol–water partition coefficient (Wildman–Crippen LogP) is 13.6. The van der Waals surface area contributed by atoms with E-state index in [1.165, 1.54) is 65.7 Å². The smallest absolute Gasteiger partial charge is 0.143 e. The van der Waals surface area contributed by atoms with Crippen LogP contribution < -0.4 is 0 Å². The highest BCUT2D eigenvalue weighted by Crippen LogP contribution is 2.47. The van der Waals surface area contributed by atoms with Gasteiger partial charge in [0.25, 0.3) is 0 Å². The van der Waals surface area contributed by atoms with Crippen LogP contribution in [-0.4, -0.2) is 0 Å². The molecule has 0 saturated carbocycles. The van der Waals surface area contributed by atoms with E-state index in [4.69, 9.17) is 4.42 Å². The topological polar surface area (TPSA) is 13.1 Å². The maximum Gasteiger partial charge on any atom is 0.143 e. The highest BCUT2D eigenvalue weighted by molar-refractivity contribution is 6.23. The molecule has 0 N–H and O–H groups in total. The second kappa shape index (κ2) is 11.6. The van der Waals surface area contributed by atoms with Gasteiger partial charge in [0, 0.05) is 16.3 Å². The van der Waals surface area contributed by atoms with E-state index in [9.17, 15) is 0 Å². The zero-order chi connectivity index (χ0) is 33.0. The van der Waals surface area contributed by atoms with Crippen molar-refractivity contribution in [2.45, 2.75) is 6.42 Å². The van der Waals surface area contributed by atoms with Gasteiger partial charge in [0.1, 0.15) is 11.2 Å². The summed E-state index contributed by atoms with van der Waals surface area (Å²) in [6, 6.07) is 65.9. The van der Waals surface area contributed by atoms with Gasteiger partial charge in [0.2, 0.25) is 0 Å². The second-order valence-electron chi connectivity index (χ2n) is 13.2.